The number of allylic oxidation sites excluding steroid dienone is 3. The molecule has 0 aliphatic rings. The van der Waals surface area contributed by atoms with Gasteiger partial charge in [0.1, 0.15) is 0 Å². The molecule has 0 spiro atoms. The van der Waals surface area contributed by atoms with Gasteiger partial charge < -0.3 is 15.3 Å². The summed E-state index contributed by atoms with van der Waals surface area (Å²) in [6, 6.07) is 0. The lowest BCUT2D eigenvalue weighted by Crippen LogP contribution is -1.90. The molecule has 30 heavy (non-hydrogen) atoms. The van der Waals surface area contributed by atoms with Gasteiger partial charge in [0.2, 0.25) is 0 Å². The van der Waals surface area contributed by atoms with Crippen LogP contribution in [0.3, 0.4) is 0 Å². The number of carboxylic acids is 3. The summed E-state index contributed by atoms with van der Waals surface area (Å²) in [6.07, 6.45) is 23.7. The lowest BCUT2D eigenvalue weighted by molar-refractivity contribution is -0.137. The van der Waals surface area contributed by atoms with Gasteiger partial charge >= 0.3 is 11.9 Å². The standard InChI is InChI=1S/C18H32O2.C4H8O2.C2H4O2/c1-2-3-4-5-6-7-8-9-10-11-12-13-14-15-16-17-18(19)20;1-2-3-4(5)6;1-2(3)4/h14-17H,2-13H2,1H3,(H,19,20);2-3H2,1H3,(H,5,6);1H3,(H,3,4)/b15-14+,17-16+;;. The van der Waals surface area contributed by atoms with Crippen LogP contribution in [0.15, 0.2) is 24.3 Å². The Morgan fingerprint density at radius 3 is 1.43 bits per heavy atom. The Morgan fingerprint density at radius 1 is 0.667 bits per heavy atom. The third kappa shape index (κ3) is 50.1. The fraction of sp³-hybridized carbons (Fsp3) is 0.708. The Labute approximate surface area is 183 Å². The first-order valence-corrected chi connectivity index (χ1v) is 11.2. The number of hydrogen-bond donors (Lipinski definition) is 3. The zero-order valence-electron chi connectivity index (χ0n) is 19.3. The minimum Gasteiger partial charge on any atom is -0.481 e. The molecular weight excluding hydrogens is 384 g/mol. The predicted molar refractivity (Wildman–Crippen MR) is 123 cm³/mol. The van der Waals surface area contributed by atoms with Crippen LogP contribution in [0, 0.1) is 0 Å². The van der Waals surface area contributed by atoms with Gasteiger partial charge in [0.05, 0.1) is 0 Å². The molecule has 0 aromatic heterocycles. The van der Waals surface area contributed by atoms with Gasteiger partial charge in [-0.1, -0.05) is 96.3 Å². The van der Waals surface area contributed by atoms with Crippen LogP contribution in [-0.2, 0) is 14.4 Å². The third-order valence-electron chi connectivity index (χ3n) is 3.92. The van der Waals surface area contributed by atoms with E-state index in [2.05, 4.69) is 6.92 Å². The smallest absolute Gasteiger partial charge is 0.328 e. The minimum atomic E-state index is -0.885. The van der Waals surface area contributed by atoms with E-state index in [4.69, 9.17) is 20.1 Å². The molecule has 0 aliphatic carbocycles. The molecule has 0 aromatic rings. The molecule has 0 rings (SSSR count). The highest BCUT2D eigenvalue weighted by Crippen LogP contribution is 2.11. The Hall–Kier alpha value is -2.11. The van der Waals surface area contributed by atoms with Crippen LogP contribution < -0.4 is 0 Å². The van der Waals surface area contributed by atoms with Gasteiger partial charge in [-0.15, -0.1) is 0 Å². The number of rotatable bonds is 16. The van der Waals surface area contributed by atoms with Crippen molar-refractivity contribution >= 4 is 17.9 Å². The van der Waals surface area contributed by atoms with Crippen molar-refractivity contribution < 1.29 is 29.7 Å². The molecule has 6 nitrogen and oxygen atoms in total. The fourth-order valence-corrected chi connectivity index (χ4v) is 2.45. The second kappa shape index (κ2) is 29.1. The Kier molecular flexibility index (Phi) is 31.6. The summed E-state index contributed by atoms with van der Waals surface area (Å²) < 4.78 is 0. The van der Waals surface area contributed by atoms with Crippen molar-refractivity contribution in [3.63, 3.8) is 0 Å². The predicted octanol–water partition coefficient (Wildman–Crippen LogP) is 6.85. The zero-order chi connectivity index (χ0) is 23.5. The van der Waals surface area contributed by atoms with E-state index in [0.29, 0.717) is 6.42 Å². The quantitative estimate of drug-likeness (QED) is 0.141. The molecule has 0 bridgehead atoms. The van der Waals surface area contributed by atoms with Crippen LogP contribution in [0.5, 0.6) is 0 Å². The van der Waals surface area contributed by atoms with E-state index in [0.717, 1.165) is 25.8 Å². The van der Waals surface area contributed by atoms with Crippen LogP contribution in [-0.4, -0.2) is 33.2 Å². The Balaban J connectivity index is -0.000000600. The zero-order valence-corrected chi connectivity index (χ0v) is 19.3. The van der Waals surface area contributed by atoms with Crippen molar-refractivity contribution in [2.24, 2.45) is 0 Å². The van der Waals surface area contributed by atoms with E-state index in [9.17, 15) is 9.59 Å². The van der Waals surface area contributed by atoms with Crippen LogP contribution in [0.4, 0.5) is 0 Å². The van der Waals surface area contributed by atoms with Gasteiger partial charge in [0.15, 0.2) is 0 Å². The molecule has 0 atom stereocenters. The van der Waals surface area contributed by atoms with Gasteiger partial charge in [0, 0.05) is 19.4 Å². The van der Waals surface area contributed by atoms with E-state index < -0.39 is 17.9 Å². The number of aliphatic carboxylic acids is 3. The lowest BCUT2D eigenvalue weighted by atomic mass is 10.1. The molecule has 6 heteroatoms. The van der Waals surface area contributed by atoms with Crippen molar-refractivity contribution in [3.8, 4) is 0 Å². The van der Waals surface area contributed by atoms with Gasteiger partial charge in [-0.25, -0.2) is 4.79 Å². The third-order valence-corrected chi connectivity index (χ3v) is 3.92. The molecule has 3 N–H and O–H groups in total. The molecule has 0 fully saturated rings. The van der Waals surface area contributed by atoms with Gasteiger partial charge in [-0.05, 0) is 19.3 Å². The summed E-state index contributed by atoms with van der Waals surface area (Å²) in [5, 5.41) is 23.7. The number of carbonyl (C=O) groups is 3. The maximum Gasteiger partial charge on any atom is 0.328 e. The summed E-state index contributed by atoms with van der Waals surface area (Å²) in [4.78, 5) is 28.8. The summed E-state index contributed by atoms with van der Waals surface area (Å²) >= 11 is 0. The fourth-order valence-electron chi connectivity index (χ4n) is 2.45. The van der Waals surface area contributed by atoms with Crippen LogP contribution >= 0.6 is 0 Å². The van der Waals surface area contributed by atoms with Crippen molar-refractivity contribution in [3.05, 3.63) is 24.3 Å². The van der Waals surface area contributed by atoms with Crippen LogP contribution in [0.25, 0.3) is 0 Å². The maximum atomic E-state index is 10.2. The molecule has 0 unspecified atom stereocenters. The summed E-state index contributed by atoms with van der Waals surface area (Å²) in [7, 11) is 0. The van der Waals surface area contributed by atoms with Crippen molar-refractivity contribution in [2.75, 3.05) is 0 Å². The Bertz CT molecular complexity index is 451. The number of unbranched alkanes of at least 4 members (excludes halogenated alkanes) is 11. The highest BCUT2D eigenvalue weighted by Gasteiger charge is 1.92. The van der Waals surface area contributed by atoms with Crippen molar-refractivity contribution in [1.82, 2.24) is 0 Å². The lowest BCUT2D eigenvalue weighted by Gasteiger charge is -2.01. The first kappa shape index (κ1) is 32.6. The maximum absolute atomic E-state index is 10.2. The van der Waals surface area contributed by atoms with Crippen LogP contribution in [0.2, 0.25) is 0 Å². The van der Waals surface area contributed by atoms with E-state index in [1.807, 2.05) is 19.1 Å². The van der Waals surface area contributed by atoms with Crippen LogP contribution in [0.1, 0.15) is 111 Å². The molecule has 0 amide bonds. The second-order valence-electron chi connectivity index (χ2n) is 7.11. The first-order chi connectivity index (χ1) is 14.3. The molecule has 0 aromatic carbocycles. The SMILES string of the molecule is CC(=O)O.CCCC(=O)O.CCCCCCCCCCCCC/C=C/C=C/C(=O)O. The largest absolute Gasteiger partial charge is 0.481 e. The van der Waals surface area contributed by atoms with Crippen molar-refractivity contribution in [2.45, 2.75) is 111 Å². The summed E-state index contributed by atoms with van der Waals surface area (Å²) in [5.41, 5.74) is 0. The summed E-state index contributed by atoms with van der Waals surface area (Å²) in [6.45, 7) is 5.19. The van der Waals surface area contributed by atoms with Gasteiger partial charge in [-0.2, -0.15) is 0 Å². The molecule has 0 saturated heterocycles. The first-order valence-electron chi connectivity index (χ1n) is 11.2. The number of hydrogen-bond acceptors (Lipinski definition) is 3. The normalized spacial score (nSPS) is 10.2. The van der Waals surface area contributed by atoms with E-state index in [1.54, 1.807) is 6.08 Å². The monoisotopic (exact) mass is 428 g/mol. The highest BCUT2D eigenvalue weighted by molar-refractivity contribution is 5.80. The average molecular weight is 429 g/mol. The van der Waals surface area contributed by atoms with Crippen molar-refractivity contribution in [1.29, 1.82) is 0 Å². The minimum absolute atomic E-state index is 0.292. The van der Waals surface area contributed by atoms with Gasteiger partial charge in [0.25, 0.3) is 5.97 Å². The average Bonchev–Trinajstić information content (AvgIpc) is 2.64. The molecule has 0 heterocycles. The molecule has 0 radical (unpaired) electrons. The van der Waals surface area contributed by atoms with E-state index >= 15 is 0 Å². The van der Waals surface area contributed by atoms with Gasteiger partial charge in [-0.3, -0.25) is 9.59 Å². The number of carboxylic acid groups (broad SMARTS) is 3. The topological polar surface area (TPSA) is 112 Å². The Morgan fingerprint density at radius 2 is 1.10 bits per heavy atom. The molecule has 0 saturated carbocycles. The molecular formula is C24H44O6. The molecule has 0 aliphatic heterocycles. The van der Waals surface area contributed by atoms with E-state index in [1.165, 1.54) is 70.6 Å². The molecule has 176 valence electrons. The second-order valence-corrected chi connectivity index (χ2v) is 7.11. The summed E-state index contributed by atoms with van der Waals surface area (Å²) in [5.74, 6) is -2.43. The van der Waals surface area contributed by atoms with E-state index in [-0.39, 0.29) is 0 Å². The highest BCUT2D eigenvalue weighted by atomic mass is 16.4.